The number of rotatable bonds is 5. The molecule has 0 saturated carbocycles. The van der Waals surface area contributed by atoms with Gasteiger partial charge >= 0.3 is 0 Å². The van der Waals surface area contributed by atoms with E-state index in [1.807, 2.05) is 72.8 Å². The summed E-state index contributed by atoms with van der Waals surface area (Å²) in [6.07, 6.45) is 0. The van der Waals surface area contributed by atoms with Crippen LogP contribution in [0, 0.1) is 0 Å². The lowest BCUT2D eigenvalue weighted by Crippen LogP contribution is -2.15. The predicted octanol–water partition coefficient (Wildman–Crippen LogP) is 13.8. The van der Waals surface area contributed by atoms with Crippen LogP contribution in [0.25, 0.3) is 100 Å². The van der Waals surface area contributed by atoms with Crippen molar-refractivity contribution in [3.63, 3.8) is 0 Å². The zero-order valence-electron chi connectivity index (χ0n) is 30.4. The molecule has 0 radical (unpaired) electrons. The van der Waals surface area contributed by atoms with Crippen molar-refractivity contribution in [1.82, 2.24) is 9.97 Å². The largest absolute Gasteiger partial charge is 0.436 e. The normalized spacial score (nSPS) is 13.1. The van der Waals surface area contributed by atoms with Crippen LogP contribution in [0.2, 0.25) is 0 Å². The summed E-state index contributed by atoms with van der Waals surface area (Å²) in [7, 11) is 0. The highest BCUT2D eigenvalue weighted by Crippen LogP contribution is 2.52. The molecular weight excluding hydrogens is 673 g/mol. The lowest BCUT2D eigenvalue weighted by atomic mass is 9.81. The number of fused-ring (bicyclic) bond motifs is 7. The van der Waals surface area contributed by atoms with Crippen LogP contribution in [0.5, 0.6) is 0 Å². The Morgan fingerprint density at radius 3 is 1.49 bits per heavy atom. The van der Waals surface area contributed by atoms with Crippen LogP contribution in [0.3, 0.4) is 0 Å². The molecule has 0 aliphatic heterocycles. The molecule has 4 nitrogen and oxygen atoms in total. The molecule has 0 spiro atoms. The standard InChI is InChI=1S/C51H34N2O2/c1-51(2)42-22-18-31-11-9-10-16-40(31)48(42)41-21-17-34(28-43(41)51)37-25-38(35-19-23-46-44(29-35)52-49(54-46)32-12-5-3-6-13-32)27-39(26-37)36-20-24-47-45(30-36)53-50(55-47)33-14-7-4-8-15-33/h3-30H,1-2H3. The molecule has 0 unspecified atom stereocenters. The molecule has 0 N–H and O–H groups in total. The zero-order valence-corrected chi connectivity index (χ0v) is 30.4. The predicted molar refractivity (Wildman–Crippen MR) is 224 cm³/mol. The van der Waals surface area contributed by atoms with Gasteiger partial charge in [-0.3, -0.25) is 0 Å². The van der Waals surface area contributed by atoms with Gasteiger partial charge in [0.1, 0.15) is 11.0 Å². The van der Waals surface area contributed by atoms with Crippen LogP contribution in [-0.4, -0.2) is 9.97 Å². The van der Waals surface area contributed by atoms with Gasteiger partial charge in [0.15, 0.2) is 11.2 Å². The van der Waals surface area contributed by atoms with E-state index in [-0.39, 0.29) is 5.41 Å². The third kappa shape index (κ3) is 5.14. The summed E-state index contributed by atoms with van der Waals surface area (Å²) >= 11 is 0. The van der Waals surface area contributed by atoms with Crippen LogP contribution in [0.4, 0.5) is 0 Å². The van der Waals surface area contributed by atoms with Gasteiger partial charge in [-0.1, -0.05) is 111 Å². The van der Waals surface area contributed by atoms with Gasteiger partial charge in [0, 0.05) is 16.5 Å². The Morgan fingerprint density at radius 1 is 0.400 bits per heavy atom. The van der Waals surface area contributed by atoms with Crippen LogP contribution >= 0.6 is 0 Å². The van der Waals surface area contributed by atoms with E-state index >= 15 is 0 Å². The van der Waals surface area contributed by atoms with Crippen molar-refractivity contribution in [3.05, 3.63) is 181 Å². The number of nitrogens with zero attached hydrogens (tertiary/aromatic N) is 2. The second-order valence-corrected chi connectivity index (χ2v) is 15.0. The molecule has 0 atom stereocenters. The minimum absolute atomic E-state index is 0.145. The van der Waals surface area contributed by atoms with Crippen molar-refractivity contribution in [2.75, 3.05) is 0 Å². The Labute approximate surface area is 318 Å². The fourth-order valence-electron chi connectivity index (χ4n) is 8.44. The van der Waals surface area contributed by atoms with Gasteiger partial charge in [-0.15, -0.1) is 0 Å². The maximum atomic E-state index is 6.19. The van der Waals surface area contributed by atoms with Gasteiger partial charge in [-0.05, 0) is 139 Å². The quantitative estimate of drug-likeness (QED) is 0.179. The lowest BCUT2D eigenvalue weighted by Gasteiger charge is -2.22. The minimum Gasteiger partial charge on any atom is -0.436 e. The van der Waals surface area contributed by atoms with Crippen molar-refractivity contribution in [3.8, 4) is 67.4 Å². The number of aromatic nitrogens is 2. The topological polar surface area (TPSA) is 52.1 Å². The summed E-state index contributed by atoms with van der Waals surface area (Å²) in [4.78, 5) is 9.81. The Kier molecular flexibility index (Phi) is 6.86. The van der Waals surface area contributed by atoms with Crippen molar-refractivity contribution >= 4 is 33.0 Å². The van der Waals surface area contributed by atoms with Gasteiger partial charge in [0.2, 0.25) is 11.8 Å². The van der Waals surface area contributed by atoms with Crippen molar-refractivity contribution in [1.29, 1.82) is 0 Å². The van der Waals surface area contributed by atoms with E-state index in [4.69, 9.17) is 18.8 Å². The second kappa shape index (κ2) is 12.0. The fraction of sp³-hybridized carbons (Fsp3) is 0.0588. The average molecular weight is 707 g/mol. The minimum atomic E-state index is -0.145. The van der Waals surface area contributed by atoms with Crippen molar-refractivity contribution in [2.24, 2.45) is 0 Å². The van der Waals surface area contributed by atoms with E-state index in [0.717, 1.165) is 61.1 Å². The molecule has 4 heteroatoms. The summed E-state index contributed by atoms with van der Waals surface area (Å²) in [6, 6.07) is 59.9. The second-order valence-electron chi connectivity index (χ2n) is 15.0. The van der Waals surface area contributed by atoms with Gasteiger partial charge in [-0.2, -0.15) is 0 Å². The molecule has 1 aliphatic carbocycles. The molecular formula is C51H34N2O2. The van der Waals surface area contributed by atoms with Crippen molar-refractivity contribution < 1.29 is 8.83 Å². The first kappa shape index (κ1) is 31.5. The van der Waals surface area contributed by atoms with Crippen LogP contribution < -0.4 is 0 Å². The molecule has 2 heterocycles. The highest BCUT2D eigenvalue weighted by molar-refractivity contribution is 6.03. The number of hydrogen-bond acceptors (Lipinski definition) is 4. The Morgan fingerprint density at radius 2 is 0.909 bits per heavy atom. The van der Waals surface area contributed by atoms with E-state index in [1.54, 1.807) is 0 Å². The molecule has 0 bridgehead atoms. The fourth-order valence-corrected chi connectivity index (χ4v) is 8.44. The van der Waals surface area contributed by atoms with Gasteiger partial charge in [0.25, 0.3) is 0 Å². The molecule has 55 heavy (non-hydrogen) atoms. The summed E-state index contributed by atoms with van der Waals surface area (Å²) in [5.74, 6) is 1.24. The number of hydrogen-bond donors (Lipinski definition) is 0. The smallest absolute Gasteiger partial charge is 0.227 e. The van der Waals surface area contributed by atoms with Crippen LogP contribution in [-0.2, 0) is 5.41 Å². The highest BCUT2D eigenvalue weighted by Gasteiger charge is 2.36. The van der Waals surface area contributed by atoms with E-state index in [0.29, 0.717) is 11.8 Å². The van der Waals surface area contributed by atoms with Gasteiger partial charge < -0.3 is 8.83 Å². The van der Waals surface area contributed by atoms with Crippen molar-refractivity contribution in [2.45, 2.75) is 19.3 Å². The summed E-state index contributed by atoms with van der Waals surface area (Å²) in [5, 5.41) is 2.58. The van der Waals surface area contributed by atoms with E-state index < -0.39 is 0 Å². The zero-order chi connectivity index (χ0) is 36.7. The van der Waals surface area contributed by atoms with E-state index in [1.165, 1.54) is 38.6 Å². The lowest BCUT2D eigenvalue weighted by molar-refractivity contribution is 0.619. The molecule has 0 fully saturated rings. The first-order valence-corrected chi connectivity index (χ1v) is 18.7. The van der Waals surface area contributed by atoms with E-state index in [2.05, 4.69) is 111 Å². The third-order valence-corrected chi connectivity index (χ3v) is 11.3. The highest BCUT2D eigenvalue weighted by atomic mass is 16.4. The molecule has 260 valence electrons. The maximum absolute atomic E-state index is 6.19. The Bertz CT molecular complexity index is 2980. The summed E-state index contributed by atoms with van der Waals surface area (Å²) < 4.78 is 12.4. The summed E-state index contributed by atoms with van der Waals surface area (Å²) in [5.41, 5.74) is 17.0. The average Bonchev–Trinajstić information content (AvgIpc) is 3.93. The monoisotopic (exact) mass is 706 g/mol. The summed E-state index contributed by atoms with van der Waals surface area (Å²) in [6.45, 7) is 4.71. The molecule has 8 aromatic carbocycles. The van der Waals surface area contributed by atoms with Crippen LogP contribution in [0.15, 0.2) is 179 Å². The first-order valence-electron chi connectivity index (χ1n) is 18.7. The molecule has 2 aromatic heterocycles. The maximum Gasteiger partial charge on any atom is 0.227 e. The molecule has 0 amide bonds. The molecule has 11 rings (SSSR count). The Hall–Kier alpha value is -7.04. The van der Waals surface area contributed by atoms with E-state index in [9.17, 15) is 0 Å². The number of oxazole rings is 2. The Balaban J connectivity index is 1.07. The van der Waals surface area contributed by atoms with Crippen LogP contribution in [0.1, 0.15) is 25.0 Å². The van der Waals surface area contributed by atoms with Gasteiger partial charge in [0.05, 0.1) is 0 Å². The molecule has 0 saturated heterocycles. The van der Waals surface area contributed by atoms with Gasteiger partial charge in [-0.25, -0.2) is 9.97 Å². The third-order valence-electron chi connectivity index (χ3n) is 11.3. The first-order chi connectivity index (χ1) is 27.0. The number of benzene rings is 8. The molecule has 1 aliphatic rings. The SMILES string of the molecule is CC1(C)c2cc(-c3cc(-c4ccc5oc(-c6ccccc6)nc5c4)cc(-c4ccc5oc(-c6ccccc6)nc5c4)c3)ccc2-c2c1ccc1ccccc21. The molecule has 10 aromatic rings.